The quantitative estimate of drug-likeness (QED) is 0.765. The fourth-order valence-electron chi connectivity index (χ4n) is 4.19. The van der Waals surface area contributed by atoms with E-state index in [9.17, 15) is 4.79 Å². The van der Waals surface area contributed by atoms with Crippen LogP contribution in [0.15, 0.2) is 31.2 Å². The van der Waals surface area contributed by atoms with Crippen LogP contribution in [0.25, 0.3) is 11.0 Å². The zero-order valence-corrected chi connectivity index (χ0v) is 15.6. The van der Waals surface area contributed by atoms with Crippen LogP contribution in [0, 0.1) is 0 Å². The van der Waals surface area contributed by atoms with Crippen LogP contribution in [-0.4, -0.2) is 57.1 Å². The van der Waals surface area contributed by atoms with Gasteiger partial charge in [-0.05, 0) is 37.8 Å². The van der Waals surface area contributed by atoms with Gasteiger partial charge in [-0.25, -0.2) is 9.97 Å². The van der Waals surface area contributed by atoms with Crippen LogP contribution in [0.5, 0.6) is 0 Å². The topological polar surface area (TPSA) is 83.1 Å². The molecule has 3 heterocycles. The molecule has 0 bridgehead atoms. The second-order valence-corrected chi connectivity index (χ2v) is 7.47. The lowest BCUT2D eigenvalue weighted by Gasteiger charge is -2.40. The number of likely N-dealkylation sites (tertiary alicyclic amines) is 1. The largest absolute Gasteiger partial charge is 0.376 e. The highest BCUT2D eigenvalue weighted by atomic mass is 16.5. The fourth-order valence-corrected chi connectivity index (χ4v) is 4.19. The van der Waals surface area contributed by atoms with Crippen molar-refractivity contribution >= 4 is 22.8 Å². The normalized spacial score (nSPS) is 23.6. The molecule has 0 aromatic carbocycles. The minimum absolute atomic E-state index is 0.0315. The first-order valence-electron chi connectivity index (χ1n) is 9.84. The zero-order valence-electron chi connectivity index (χ0n) is 15.6. The Hall–Kier alpha value is -2.41. The van der Waals surface area contributed by atoms with Crippen molar-refractivity contribution in [1.29, 1.82) is 0 Å². The SMILES string of the molecule is C=CC(=O)N1C[C@H](Nc2ncnc3[nH]ccc23)CC[C@@H]1COC1CCCC1. The van der Waals surface area contributed by atoms with Gasteiger partial charge < -0.3 is 19.9 Å². The number of carbonyl (C=O) groups is 1. The van der Waals surface area contributed by atoms with Gasteiger partial charge in [0.15, 0.2) is 0 Å². The van der Waals surface area contributed by atoms with Gasteiger partial charge in [0, 0.05) is 18.8 Å². The van der Waals surface area contributed by atoms with Gasteiger partial charge in [-0.1, -0.05) is 19.4 Å². The summed E-state index contributed by atoms with van der Waals surface area (Å²) < 4.78 is 6.09. The Bertz CT molecular complexity index is 799. The number of fused-ring (bicyclic) bond motifs is 1. The number of piperidine rings is 1. The Morgan fingerprint density at radius 1 is 1.33 bits per heavy atom. The molecule has 7 heteroatoms. The maximum absolute atomic E-state index is 12.4. The van der Waals surface area contributed by atoms with E-state index in [0.29, 0.717) is 19.3 Å². The van der Waals surface area contributed by atoms with Crippen molar-refractivity contribution in [2.24, 2.45) is 0 Å². The molecule has 2 fully saturated rings. The fraction of sp³-hybridized carbons (Fsp3) is 0.550. The lowest BCUT2D eigenvalue weighted by molar-refractivity contribution is -0.132. The van der Waals surface area contributed by atoms with Crippen LogP contribution in [0.3, 0.4) is 0 Å². The lowest BCUT2D eigenvalue weighted by Crippen LogP contribution is -2.52. The zero-order chi connectivity index (χ0) is 18.6. The van der Waals surface area contributed by atoms with Crippen molar-refractivity contribution in [2.45, 2.75) is 56.7 Å². The molecule has 1 amide bonds. The number of ether oxygens (including phenoxy) is 1. The third-order valence-corrected chi connectivity index (χ3v) is 5.69. The summed E-state index contributed by atoms with van der Waals surface area (Å²) in [5, 5.41) is 4.46. The lowest BCUT2D eigenvalue weighted by atomic mass is 9.98. The molecule has 2 aromatic rings. The molecule has 0 spiro atoms. The molecule has 2 atom stereocenters. The highest BCUT2D eigenvalue weighted by Gasteiger charge is 2.32. The Morgan fingerprint density at radius 3 is 3.00 bits per heavy atom. The molecule has 2 aliphatic rings. The highest BCUT2D eigenvalue weighted by molar-refractivity contribution is 5.88. The van der Waals surface area contributed by atoms with Crippen molar-refractivity contribution in [3.8, 4) is 0 Å². The van der Waals surface area contributed by atoms with E-state index >= 15 is 0 Å². The standard InChI is InChI=1S/C20H27N5O2/c1-2-18(26)25-11-14(7-8-15(25)12-27-16-5-3-4-6-16)24-20-17-9-10-21-19(17)22-13-23-20/h2,9-10,13-16H,1,3-8,11-12H2,(H2,21,22,23,24)/t14-,15-/m1/s1. The van der Waals surface area contributed by atoms with Crippen molar-refractivity contribution in [3.05, 3.63) is 31.2 Å². The van der Waals surface area contributed by atoms with Gasteiger partial charge in [-0.15, -0.1) is 0 Å². The second-order valence-electron chi connectivity index (χ2n) is 7.47. The van der Waals surface area contributed by atoms with E-state index in [4.69, 9.17) is 4.74 Å². The van der Waals surface area contributed by atoms with Gasteiger partial charge in [0.25, 0.3) is 0 Å². The minimum Gasteiger partial charge on any atom is -0.376 e. The van der Waals surface area contributed by atoms with Crippen molar-refractivity contribution in [1.82, 2.24) is 19.9 Å². The number of rotatable bonds is 6. The second kappa shape index (κ2) is 8.08. The summed E-state index contributed by atoms with van der Waals surface area (Å²) in [7, 11) is 0. The average Bonchev–Trinajstić information content (AvgIpc) is 3.38. The Labute approximate surface area is 159 Å². The highest BCUT2D eigenvalue weighted by Crippen LogP contribution is 2.26. The molecular weight excluding hydrogens is 342 g/mol. The number of H-pyrrole nitrogens is 1. The summed E-state index contributed by atoms with van der Waals surface area (Å²) in [4.78, 5) is 26.0. The number of nitrogens with one attached hydrogen (secondary N) is 2. The Kier molecular flexibility index (Phi) is 5.38. The number of hydrogen-bond acceptors (Lipinski definition) is 5. The molecule has 7 nitrogen and oxygen atoms in total. The van der Waals surface area contributed by atoms with Gasteiger partial charge in [0.2, 0.25) is 5.91 Å². The van der Waals surface area contributed by atoms with E-state index in [1.165, 1.54) is 18.9 Å². The number of amides is 1. The number of hydrogen-bond donors (Lipinski definition) is 2. The minimum atomic E-state index is -0.0315. The molecule has 1 aliphatic heterocycles. The van der Waals surface area contributed by atoms with Gasteiger partial charge in [-0.3, -0.25) is 4.79 Å². The average molecular weight is 369 g/mol. The van der Waals surface area contributed by atoms with E-state index in [-0.39, 0.29) is 18.0 Å². The Morgan fingerprint density at radius 2 is 2.19 bits per heavy atom. The molecule has 144 valence electrons. The van der Waals surface area contributed by atoms with Crippen molar-refractivity contribution in [3.63, 3.8) is 0 Å². The third-order valence-electron chi connectivity index (χ3n) is 5.69. The van der Waals surface area contributed by atoms with Crippen LogP contribution in [0.4, 0.5) is 5.82 Å². The van der Waals surface area contributed by atoms with E-state index in [0.717, 1.165) is 42.5 Å². The predicted octanol–water partition coefficient (Wildman–Crippen LogP) is 2.87. The smallest absolute Gasteiger partial charge is 0.246 e. The summed E-state index contributed by atoms with van der Waals surface area (Å²) in [6, 6.07) is 2.22. The van der Waals surface area contributed by atoms with Gasteiger partial charge in [-0.2, -0.15) is 0 Å². The van der Waals surface area contributed by atoms with Crippen molar-refractivity contribution in [2.75, 3.05) is 18.5 Å². The number of anilines is 1. The molecule has 1 saturated carbocycles. The van der Waals surface area contributed by atoms with Crippen LogP contribution in [0.2, 0.25) is 0 Å². The molecule has 2 N–H and O–H groups in total. The number of carbonyl (C=O) groups excluding carboxylic acids is 1. The van der Waals surface area contributed by atoms with Crippen LogP contribution < -0.4 is 5.32 Å². The van der Waals surface area contributed by atoms with Gasteiger partial charge in [0.1, 0.15) is 17.8 Å². The third kappa shape index (κ3) is 3.98. The summed E-state index contributed by atoms with van der Waals surface area (Å²) in [6.07, 6.45) is 11.8. The van der Waals surface area contributed by atoms with Crippen LogP contribution in [-0.2, 0) is 9.53 Å². The molecule has 4 rings (SSSR count). The first-order chi connectivity index (χ1) is 13.2. The molecule has 2 aromatic heterocycles. The first-order valence-corrected chi connectivity index (χ1v) is 9.84. The van der Waals surface area contributed by atoms with Gasteiger partial charge >= 0.3 is 0 Å². The van der Waals surface area contributed by atoms with Crippen molar-refractivity contribution < 1.29 is 9.53 Å². The van der Waals surface area contributed by atoms with Crippen LogP contribution >= 0.6 is 0 Å². The Balaban J connectivity index is 1.42. The molecule has 0 unspecified atom stereocenters. The van der Waals surface area contributed by atoms with E-state index in [1.807, 2.05) is 17.2 Å². The summed E-state index contributed by atoms with van der Waals surface area (Å²) >= 11 is 0. The molecule has 1 aliphatic carbocycles. The molecule has 1 saturated heterocycles. The number of nitrogens with zero attached hydrogens (tertiary/aromatic N) is 3. The number of aromatic nitrogens is 3. The summed E-state index contributed by atoms with van der Waals surface area (Å²) in [6.45, 7) is 4.92. The molecule has 27 heavy (non-hydrogen) atoms. The van der Waals surface area contributed by atoms with Crippen LogP contribution in [0.1, 0.15) is 38.5 Å². The van der Waals surface area contributed by atoms with E-state index < -0.39 is 0 Å². The van der Waals surface area contributed by atoms with E-state index in [1.54, 1.807) is 6.33 Å². The molecular formula is C20H27N5O2. The number of aromatic amines is 1. The van der Waals surface area contributed by atoms with E-state index in [2.05, 4.69) is 26.8 Å². The summed E-state index contributed by atoms with van der Waals surface area (Å²) in [5.74, 6) is 0.772. The molecule has 0 radical (unpaired) electrons. The first kappa shape index (κ1) is 18.0. The predicted molar refractivity (Wildman–Crippen MR) is 104 cm³/mol. The maximum Gasteiger partial charge on any atom is 0.246 e. The summed E-state index contributed by atoms with van der Waals surface area (Å²) in [5.41, 5.74) is 0.810. The monoisotopic (exact) mass is 369 g/mol. The van der Waals surface area contributed by atoms with Gasteiger partial charge in [0.05, 0.1) is 24.1 Å². The maximum atomic E-state index is 12.4.